The fourth-order valence-corrected chi connectivity index (χ4v) is 3.72. The van der Waals surface area contributed by atoms with Crippen molar-refractivity contribution in [1.82, 2.24) is 4.90 Å². The molecule has 2 aromatic rings. The summed E-state index contributed by atoms with van der Waals surface area (Å²) < 4.78 is 28.0. The van der Waals surface area contributed by atoms with Gasteiger partial charge in [0, 0.05) is 43.3 Å². The average molecular weight is 404 g/mol. The molecule has 1 atom stereocenters. The lowest BCUT2D eigenvalue weighted by Gasteiger charge is -2.32. The first kappa shape index (κ1) is 20.1. The van der Waals surface area contributed by atoms with Crippen LogP contribution in [0.1, 0.15) is 30.9 Å². The van der Waals surface area contributed by atoms with Crippen LogP contribution in [0.25, 0.3) is 0 Å². The number of benzene rings is 2. The van der Waals surface area contributed by atoms with E-state index >= 15 is 0 Å². The van der Waals surface area contributed by atoms with E-state index < -0.39 is 11.6 Å². The molecule has 1 amide bonds. The molecule has 0 radical (unpaired) electrons. The fourth-order valence-electron chi connectivity index (χ4n) is 3.50. The number of nitrogens with zero attached hydrogens (tertiary/aromatic N) is 3. The highest BCUT2D eigenvalue weighted by atomic mass is 35.5. The highest BCUT2D eigenvalue weighted by molar-refractivity contribution is 6.32. The molecule has 0 aromatic heterocycles. The zero-order chi connectivity index (χ0) is 20.3. The first-order valence-corrected chi connectivity index (χ1v) is 9.49. The number of nitriles is 1. The number of amides is 1. The molecule has 4 nitrogen and oxygen atoms in total. The number of halogens is 3. The van der Waals surface area contributed by atoms with Crippen molar-refractivity contribution in [1.29, 1.82) is 5.26 Å². The van der Waals surface area contributed by atoms with Crippen molar-refractivity contribution >= 4 is 23.2 Å². The fraction of sp³-hybridized carbons (Fsp3) is 0.333. The number of hydrogen-bond donors (Lipinski definition) is 0. The molecular weight excluding hydrogens is 384 g/mol. The lowest BCUT2D eigenvalue weighted by Crippen LogP contribution is -2.38. The van der Waals surface area contributed by atoms with Crippen LogP contribution < -0.4 is 4.90 Å². The van der Waals surface area contributed by atoms with Gasteiger partial charge in [-0.15, -0.1) is 0 Å². The molecule has 0 N–H and O–H groups in total. The molecule has 0 unspecified atom stereocenters. The SMILES string of the molecule is CCC(=O)N1CC[C@H](N(Cc2cccc(F)c2F)c2ccc(C#N)c(Cl)c2)C1. The second-order valence-electron chi connectivity index (χ2n) is 6.75. The molecule has 1 saturated heterocycles. The summed E-state index contributed by atoms with van der Waals surface area (Å²) in [6, 6.07) is 11.0. The molecule has 1 aliphatic heterocycles. The van der Waals surface area contributed by atoms with Gasteiger partial charge in [0.15, 0.2) is 11.6 Å². The van der Waals surface area contributed by atoms with Crippen LogP contribution in [-0.2, 0) is 11.3 Å². The van der Waals surface area contributed by atoms with Crippen molar-refractivity contribution in [2.24, 2.45) is 0 Å². The van der Waals surface area contributed by atoms with Crippen LogP contribution in [0.15, 0.2) is 36.4 Å². The van der Waals surface area contributed by atoms with Gasteiger partial charge in [0.05, 0.1) is 10.6 Å². The van der Waals surface area contributed by atoms with Crippen LogP contribution in [-0.4, -0.2) is 29.9 Å². The third-order valence-corrected chi connectivity index (χ3v) is 5.35. The van der Waals surface area contributed by atoms with Gasteiger partial charge in [0.1, 0.15) is 6.07 Å². The molecule has 2 aromatic carbocycles. The number of rotatable bonds is 5. The molecule has 1 aliphatic rings. The van der Waals surface area contributed by atoms with E-state index in [9.17, 15) is 13.6 Å². The van der Waals surface area contributed by atoms with Gasteiger partial charge in [-0.05, 0) is 30.7 Å². The Morgan fingerprint density at radius 2 is 2.14 bits per heavy atom. The second-order valence-corrected chi connectivity index (χ2v) is 7.16. The lowest BCUT2D eigenvalue weighted by atomic mass is 10.1. The Morgan fingerprint density at radius 1 is 1.36 bits per heavy atom. The zero-order valence-corrected chi connectivity index (χ0v) is 16.2. The lowest BCUT2D eigenvalue weighted by molar-refractivity contribution is -0.129. The van der Waals surface area contributed by atoms with Crippen molar-refractivity contribution in [3.05, 3.63) is 64.2 Å². The van der Waals surface area contributed by atoms with Gasteiger partial charge in [0.2, 0.25) is 5.91 Å². The Bertz CT molecular complexity index is 928. The Labute approximate surface area is 167 Å². The quantitative estimate of drug-likeness (QED) is 0.738. The third kappa shape index (κ3) is 4.10. The Morgan fingerprint density at radius 3 is 2.82 bits per heavy atom. The standard InChI is InChI=1S/C21H20ClF2N3O/c1-2-20(28)26-9-8-17(13-26)27(12-15-4-3-5-19(23)21(15)24)16-7-6-14(11-25)18(22)10-16/h3-7,10,17H,2,8-9,12-13H2,1H3/t17-/m0/s1. The summed E-state index contributed by atoms with van der Waals surface area (Å²) in [5.41, 5.74) is 1.26. The maximum Gasteiger partial charge on any atom is 0.222 e. The minimum absolute atomic E-state index is 0.0669. The minimum Gasteiger partial charge on any atom is -0.362 e. The summed E-state index contributed by atoms with van der Waals surface area (Å²) in [6.45, 7) is 3.06. The summed E-state index contributed by atoms with van der Waals surface area (Å²) in [5.74, 6) is -1.71. The van der Waals surface area contributed by atoms with E-state index in [-0.39, 0.29) is 24.1 Å². The molecule has 0 saturated carbocycles. The highest BCUT2D eigenvalue weighted by Gasteiger charge is 2.31. The van der Waals surface area contributed by atoms with Gasteiger partial charge in [-0.3, -0.25) is 4.79 Å². The van der Waals surface area contributed by atoms with Gasteiger partial charge in [-0.1, -0.05) is 30.7 Å². The Hall–Kier alpha value is -2.65. The number of carbonyl (C=O) groups is 1. The van der Waals surface area contributed by atoms with E-state index in [1.807, 2.05) is 17.9 Å². The van der Waals surface area contributed by atoms with E-state index in [0.29, 0.717) is 42.2 Å². The summed E-state index contributed by atoms with van der Waals surface area (Å²) in [5, 5.41) is 9.40. The molecule has 0 aliphatic carbocycles. The maximum atomic E-state index is 14.3. The first-order chi connectivity index (χ1) is 13.4. The molecule has 0 spiro atoms. The molecule has 1 fully saturated rings. The van der Waals surface area contributed by atoms with Crippen molar-refractivity contribution in [3.63, 3.8) is 0 Å². The Balaban J connectivity index is 1.95. The van der Waals surface area contributed by atoms with Gasteiger partial charge >= 0.3 is 0 Å². The Kier molecular flexibility index (Phi) is 6.15. The van der Waals surface area contributed by atoms with Gasteiger partial charge in [-0.2, -0.15) is 5.26 Å². The molecule has 7 heteroatoms. The van der Waals surface area contributed by atoms with Crippen molar-refractivity contribution in [2.45, 2.75) is 32.4 Å². The van der Waals surface area contributed by atoms with E-state index in [2.05, 4.69) is 0 Å². The summed E-state index contributed by atoms with van der Waals surface area (Å²) in [6.07, 6.45) is 1.13. The van der Waals surface area contributed by atoms with Crippen LogP contribution in [0.5, 0.6) is 0 Å². The van der Waals surface area contributed by atoms with Crippen LogP contribution in [0, 0.1) is 23.0 Å². The number of carbonyl (C=O) groups excluding carboxylic acids is 1. The normalized spacial score (nSPS) is 16.1. The van der Waals surface area contributed by atoms with Crippen LogP contribution in [0.3, 0.4) is 0 Å². The largest absolute Gasteiger partial charge is 0.362 e. The van der Waals surface area contributed by atoms with E-state index in [1.165, 1.54) is 6.07 Å². The van der Waals surface area contributed by atoms with Crippen molar-refractivity contribution in [3.8, 4) is 6.07 Å². The molecule has 1 heterocycles. The summed E-state index contributed by atoms with van der Waals surface area (Å²) in [7, 11) is 0. The van der Waals surface area contributed by atoms with Gasteiger partial charge in [-0.25, -0.2) is 8.78 Å². The van der Waals surface area contributed by atoms with E-state index in [4.69, 9.17) is 16.9 Å². The minimum atomic E-state index is -0.899. The molecule has 0 bridgehead atoms. The van der Waals surface area contributed by atoms with Crippen LogP contribution in [0.4, 0.5) is 14.5 Å². The zero-order valence-electron chi connectivity index (χ0n) is 15.5. The number of likely N-dealkylation sites (tertiary alicyclic amines) is 1. The van der Waals surface area contributed by atoms with Crippen molar-refractivity contribution < 1.29 is 13.6 Å². The second kappa shape index (κ2) is 8.57. The molecule has 3 rings (SSSR count). The highest BCUT2D eigenvalue weighted by Crippen LogP contribution is 2.30. The summed E-state index contributed by atoms with van der Waals surface area (Å²) in [4.78, 5) is 15.8. The first-order valence-electron chi connectivity index (χ1n) is 9.11. The molecule has 146 valence electrons. The van der Waals surface area contributed by atoms with Crippen molar-refractivity contribution in [2.75, 3.05) is 18.0 Å². The van der Waals surface area contributed by atoms with Crippen LogP contribution in [0.2, 0.25) is 5.02 Å². The number of anilines is 1. The molecule has 28 heavy (non-hydrogen) atoms. The van der Waals surface area contributed by atoms with Gasteiger partial charge in [0.25, 0.3) is 0 Å². The topological polar surface area (TPSA) is 47.3 Å². The van der Waals surface area contributed by atoms with Crippen LogP contribution >= 0.6 is 11.6 Å². The smallest absolute Gasteiger partial charge is 0.222 e. The third-order valence-electron chi connectivity index (χ3n) is 5.04. The van der Waals surface area contributed by atoms with Gasteiger partial charge < -0.3 is 9.80 Å². The summed E-state index contributed by atoms with van der Waals surface area (Å²) >= 11 is 6.19. The maximum absolute atomic E-state index is 14.3. The predicted molar refractivity (Wildman–Crippen MR) is 104 cm³/mol. The predicted octanol–water partition coefficient (Wildman–Crippen LogP) is 4.51. The van der Waals surface area contributed by atoms with E-state index in [0.717, 1.165) is 6.07 Å². The monoisotopic (exact) mass is 403 g/mol. The average Bonchev–Trinajstić information content (AvgIpc) is 3.18. The molecular formula is C21H20ClF2N3O. The number of hydrogen-bond acceptors (Lipinski definition) is 3. The van der Waals surface area contributed by atoms with E-state index in [1.54, 1.807) is 29.2 Å².